The third kappa shape index (κ3) is 4.54. The number of nitrogens with one attached hydrogen (secondary N) is 1. The molecule has 0 radical (unpaired) electrons. The molecule has 1 amide bonds. The number of carbonyl (C=O) groups excluding carboxylic acids is 1. The molecule has 0 aliphatic rings. The van der Waals surface area contributed by atoms with E-state index in [0.29, 0.717) is 13.1 Å². The molecule has 4 nitrogen and oxygen atoms in total. The third-order valence-corrected chi connectivity index (χ3v) is 2.52. The lowest BCUT2D eigenvalue weighted by molar-refractivity contribution is -0.122. The molecule has 1 rings (SSSR count). The van der Waals surface area contributed by atoms with Crippen LogP contribution in [0.15, 0.2) is 24.3 Å². The number of nitrogens with zero attached hydrogens (tertiary/aromatic N) is 1. The minimum atomic E-state index is 0.00829. The molecule has 0 aromatic heterocycles. The Labute approximate surface area is 103 Å². The van der Waals surface area contributed by atoms with Crippen LogP contribution in [0.4, 0.5) is 0 Å². The predicted molar refractivity (Wildman–Crippen MR) is 69.4 cm³/mol. The maximum atomic E-state index is 11.6. The maximum Gasteiger partial charge on any atom is 0.234 e. The van der Waals surface area contributed by atoms with Crippen LogP contribution < -0.4 is 11.1 Å². The molecule has 0 saturated carbocycles. The lowest BCUT2D eigenvalue weighted by atomic mass is 10.1. The van der Waals surface area contributed by atoms with E-state index < -0.39 is 0 Å². The van der Waals surface area contributed by atoms with Crippen molar-refractivity contribution in [2.24, 2.45) is 5.73 Å². The Kier molecular flexibility index (Phi) is 5.12. The Hall–Kier alpha value is -1.39. The van der Waals surface area contributed by atoms with Crippen molar-refractivity contribution >= 4 is 5.91 Å². The van der Waals surface area contributed by atoms with Crippen molar-refractivity contribution in [2.75, 3.05) is 20.6 Å². The molecular formula is C13H21N3O. The van der Waals surface area contributed by atoms with Crippen LogP contribution in [0.25, 0.3) is 0 Å². The summed E-state index contributed by atoms with van der Waals surface area (Å²) in [5.74, 6) is 0.0284. The van der Waals surface area contributed by atoms with Crippen molar-refractivity contribution in [3.05, 3.63) is 35.4 Å². The molecule has 1 atom stereocenters. The summed E-state index contributed by atoms with van der Waals surface area (Å²) in [7, 11) is 3.75. The fraction of sp³-hybridized carbons (Fsp3) is 0.462. The molecular weight excluding hydrogens is 214 g/mol. The highest BCUT2D eigenvalue weighted by Gasteiger charge is 2.10. The quantitative estimate of drug-likeness (QED) is 0.796. The fourth-order valence-electron chi connectivity index (χ4n) is 1.65. The largest absolute Gasteiger partial charge is 0.348 e. The van der Waals surface area contributed by atoms with Gasteiger partial charge in [-0.15, -0.1) is 0 Å². The standard InChI is InChI=1S/C13H21N3O/c1-10(15-13(17)9-16(2)3)12-6-4-5-11(7-12)8-14/h4-7,10H,8-9,14H2,1-3H3,(H,15,17). The zero-order valence-corrected chi connectivity index (χ0v) is 10.7. The van der Waals surface area contributed by atoms with E-state index in [1.165, 1.54) is 0 Å². The van der Waals surface area contributed by atoms with Crippen molar-refractivity contribution in [1.29, 1.82) is 0 Å². The summed E-state index contributed by atoms with van der Waals surface area (Å²) in [5, 5.41) is 2.96. The molecule has 0 fully saturated rings. The van der Waals surface area contributed by atoms with E-state index in [4.69, 9.17) is 5.73 Å². The van der Waals surface area contributed by atoms with Gasteiger partial charge in [-0.25, -0.2) is 0 Å². The lowest BCUT2D eigenvalue weighted by Crippen LogP contribution is -2.34. The van der Waals surface area contributed by atoms with Crippen molar-refractivity contribution in [1.82, 2.24) is 10.2 Å². The minimum absolute atomic E-state index is 0.00829. The smallest absolute Gasteiger partial charge is 0.234 e. The van der Waals surface area contributed by atoms with Gasteiger partial charge in [-0.3, -0.25) is 4.79 Å². The average Bonchev–Trinajstić information content (AvgIpc) is 2.27. The first-order chi connectivity index (χ1) is 8.02. The first-order valence-electron chi connectivity index (χ1n) is 5.76. The number of nitrogens with two attached hydrogens (primary N) is 1. The first-order valence-corrected chi connectivity index (χ1v) is 5.76. The number of amides is 1. The Morgan fingerprint density at radius 3 is 2.76 bits per heavy atom. The summed E-state index contributed by atoms with van der Waals surface area (Å²) in [6.45, 7) is 2.90. The van der Waals surface area contributed by atoms with E-state index in [9.17, 15) is 4.79 Å². The van der Waals surface area contributed by atoms with Gasteiger partial charge in [-0.1, -0.05) is 24.3 Å². The van der Waals surface area contributed by atoms with Gasteiger partial charge in [0, 0.05) is 6.54 Å². The number of rotatable bonds is 5. The molecule has 1 aromatic rings. The number of benzene rings is 1. The van der Waals surface area contributed by atoms with Crippen molar-refractivity contribution in [3.8, 4) is 0 Å². The molecule has 4 heteroatoms. The van der Waals surface area contributed by atoms with E-state index in [1.807, 2.05) is 50.2 Å². The normalized spacial score (nSPS) is 12.5. The number of likely N-dealkylation sites (N-methyl/N-ethyl adjacent to an activating group) is 1. The van der Waals surface area contributed by atoms with Gasteiger partial charge in [-0.05, 0) is 32.1 Å². The maximum absolute atomic E-state index is 11.6. The summed E-state index contributed by atoms with van der Waals surface area (Å²) in [5.41, 5.74) is 7.76. The topological polar surface area (TPSA) is 58.4 Å². The van der Waals surface area contributed by atoms with Gasteiger partial charge >= 0.3 is 0 Å². The van der Waals surface area contributed by atoms with Gasteiger partial charge in [0.1, 0.15) is 0 Å². The van der Waals surface area contributed by atoms with Gasteiger partial charge in [0.25, 0.3) is 0 Å². The van der Waals surface area contributed by atoms with Crippen LogP contribution in [0.2, 0.25) is 0 Å². The Bertz CT molecular complexity index is 377. The van der Waals surface area contributed by atoms with Crippen LogP contribution in [-0.2, 0) is 11.3 Å². The molecule has 94 valence electrons. The molecule has 0 bridgehead atoms. The van der Waals surface area contributed by atoms with Crippen molar-refractivity contribution in [2.45, 2.75) is 19.5 Å². The molecule has 0 aliphatic heterocycles. The fourth-order valence-corrected chi connectivity index (χ4v) is 1.65. The van der Waals surface area contributed by atoms with Crippen molar-refractivity contribution < 1.29 is 4.79 Å². The van der Waals surface area contributed by atoms with Crippen LogP contribution in [0, 0.1) is 0 Å². The van der Waals surface area contributed by atoms with Crippen LogP contribution in [0.5, 0.6) is 0 Å². The Morgan fingerprint density at radius 1 is 1.47 bits per heavy atom. The van der Waals surface area contributed by atoms with E-state index in [2.05, 4.69) is 5.32 Å². The highest BCUT2D eigenvalue weighted by Crippen LogP contribution is 2.13. The molecule has 0 spiro atoms. The van der Waals surface area contributed by atoms with E-state index in [-0.39, 0.29) is 11.9 Å². The first kappa shape index (κ1) is 13.7. The van der Waals surface area contributed by atoms with E-state index in [1.54, 1.807) is 0 Å². The number of hydrogen-bond donors (Lipinski definition) is 2. The van der Waals surface area contributed by atoms with Gasteiger partial charge in [-0.2, -0.15) is 0 Å². The molecule has 17 heavy (non-hydrogen) atoms. The summed E-state index contributed by atoms with van der Waals surface area (Å²) in [6.07, 6.45) is 0. The highest BCUT2D eigenvalue weighted by molar-refractivity contribution is 5.78. The molecule has 0 aliphatic carbocycles. The van der Waals surface area contributed by atoms with Crippen LogP contribution in [0.3, 0.4) is 0 Å². The summed E-state index contributed by atoms with van der Waals surface area (Å²) < 4.78 is 0. The average molecular weight is 235 g/mol. The second-order valence-corrected chi connectivity index (χ2v) is 4.48. The predicted octanol–water partition coefficient (Wildman–Crippen LogP) is 0.884. The van der Waals surface area contributed by atoms with Crippen LogP contribution in [0.1, 0.15) is 24.1 Å². The minimum Gasteiger partial charge on any atom is -0.348 e. The number of hydrogen-bond acceptors (Lipinski definition) is 3. The molecule has 0 saturated heterocycles. The van der Waals surface area contributed by atoms with Crippen LogP contribution in [-0.4, -0.2) is 31.4 Å². The van der Waals surface area contributed by atoms with E-state index in [0.717, 1.165) is 11.1 Å². The van der Waals surface area contributed by atoms with Crippen molar-refractivity contribution in [3.63, 3.8) is 0 Å². The Balaban J connectivity index is 2.62. The lowest BCUT2D eigenvalue weighted by Gasteiger charge is -2.17. The monoisotopic (exact) mass is 235 g/mol. The summed E-state index contributed by atoms with van der Waals surface area (Å²) >= 11 is 0. The van der Waals surface area contributed by atoms with E-state index >= 15 is 0 Å². The summed E-state index contributed by atoms with van der Waals surface area (Å²) in [4.78, 5) is 13.5. The molecule has 3 N–H and O–H groups in total. The molecule has 1 aromatic carbocycles. The van der Waals surface area contributed by atoms with Gasteiger partial charge < -0.3 is 16.0 Å². The van der Waals surface area contributed by atoms with Gasteiger partial charge in [0.05, 0.1) is 12.6 Å². The zero-order valence-electron chi connectivity index (χ0n) is 10.7. The second kappa shape index (κ2) is 6.37. The second-order valence-electron chi connectivity index (χ2n) is 4.48. The van der Waals surface area contributed by atoms with Crippen LogP contribution >= 0.6 is 0 Å². The van der Waals surface area contributed by atoms with Gasteiger partial charge in [0.15, 0.2) is 0 Å². The Morgan fingerprint density at radius 2 is 2.18 bits per heavy atom. The highest BCUT2D eigenvalue weighted by atomic mass is 16.2. The van der Waals surface area contributed by atoms with Gasteiger partial charge in [0.2, 0.25) is 5.91 Å². The third-order valence-electron chi connectivity index (χ3n) is 2.52. The molecule has 1 unspecified atom stereocenters. The zero-order chi connectivity index (χ0) is 12.8. The SMILES string of the molecule is CC(NC(=O)CN(C)C)c1cccc(CN)c1. The summed E-state index contributed by atoms with van der Waals surface area (Å²) in [6, 6.07) is 7.98. The molecule has 0 heterocycles. The number of carbonyl (C=O) groups is 1.